The summed E-state index contributed by atoms with van der Waals surface area (Å²) in [6.07, 6.45) is 5.18. The van der Waals surface area contributed by atoms with Crippen LogP contribution < -0.4 is 0 Å². The van der Waals surface area contributed by atoms with Crippen LogP contribution in [0.1, 0.15) is 11.7 Å². The molecule has 1 aliphatic heterocycles. The predicted molar refractivity (Wildman–Crippen MR) is 47.8 cm³/mol. The molecule has 1 aliphatic rings. The maximum absolute atomic E-state index is 5.15. The van der Waals surface area contributed by atoms with Crippen molar-refractivity contribution >= 4 is 0 Å². The van der Waals surface area contributed by atoms with E-state index in [1.807, 2.05) is 18.3 Å². The third-order valence-electron chi connectivity index (χ3n) is 2.13. The molecule has 3 rings (SSSR count). The summed E-state index contributed by atoms with van der Waals surface area (Å²) in [6.45, 7) is 0.810. The summed E-state index contributed by atoms with van der Waals surface area (Å²) < 4.78 is 6.77. The van der Waals surface area contributed by atoms with E-state index in [0.29, 0.717) is 0 Å². The molecule has 0 spiro atoms. The van der Waals surface area contributed by atoms with E-state index in [-0.39, 0.29) is 6.10 Å². The molecule has 1 saturated heterocycles. The van der Waals surface area contributed by atoms with Crippen LogP contribution in [0.2, 0.25) is 0 Å². The summed E-state index contributed by atoms with van der Waals surface area (Å²) >= 11 is 0. The fourth-order valence-electron chi connectivity index (χ4n) is 1.29. The minimum absolute atomic E-state index is 0.257. The summed E-state index contributed by atoms with van der Waals surface area (Å²) in [4.78, 5) is 8.12. The fourth-order valence-corrected chi connectivity index (χ4v) is 1.29. The topological polar surface area (TPSA) is 56.1 Å². The van der Waals surface area contributed by atoms with Gasteiger partial charge >= 0.3 is 0 Å². The number of hydrogen-bond acceptors (Lipinski definition) is 4. The van der Waals surface area contributed by atoms with Gasteiger partial charge in [0.2, 0.25) is 0 Å². The first kappa shape index (κ1) is 7.64. The fraction of sp³-hybridized carbons (Fsp3) is 0.222. The lowest BCUT2D eigenvalue weighted by molar-refractivity contribution is 0.415. The highest BCUT2D eigenvalue weighted by molar-refractivity contribution is 5.26. The standard InChI is InChI=1S/C9H8N4O/c1-2-9(13-6-10-5-12-13)11-3-7(1)8-4-14-8/h1-3,5-6,8H,4H2/t8-/m1/s1. The monoisotopic (exact) mass is 188 g/mol. The van der Waals surface area contributed by atoms with Gasteiger partial charge in [-0.1, -0.05) is 6.07 Å². The maximum Gasteiger partial charge on any atom is 0.155 e. The SMILES string of the molecule is c1ncn(-c2ccc([C@H]3CO3)cn2)n1. The van der Waals surface area contributed by atoms with Gasteiger partial charge in [0.15, 0.2) is 5.82 Å². The van der Waals surface area contributed by atoms with Gasteiger partial charge in [-0.05, 0) is 6.07 Å². The Labute approximate surface area is 80.4 Å². The van der Waals surface area contributed by atoms with Gasteiger partial charge in [-0.25, -0.2) is 14.6 Å². The average molecular weight is 188 g/mol. The van der Waals surface area contributed by atoms with Crippen LogP contribution >= 0.6 is 0 Å². The summed E-state index contributed by atoms with van der Waals surface area (Å²) in [7, 11) is 0. The van der Waals surface area contributed by atoms with E-state index in [1.165, 1.54) is 6.33 Å². The molecule has 2 aromatic rings. The van der Waals surface area contributed by atoms with Crippen molar-refractivity contribution in [2.24, 2.45) is 0 Å². The number of rotatable bonds is 2. The van der Waals surface area contributed by atoms with Gasteiger partial charge in [0.05, 0.1) is 6.61 Å². The third-order valence-corrected chi connectivity index (χ3v) is 2.13. The van der Waals surface area contributed by atoms with E-state index in [1.54, 1.807) is 11.0 Å². The lowest BCUT2D eigenvalue weighted by atomic mass is 10.2. The molecule has 0 saturated carbocycles. The predicted octanol–water partition coefficient (Wildman–Crippen LogP) is 0.734. The number of nitrogens with zero attached hydrogens (tertiary/aromatic N) is 4. The van der Waals surface area contributed by atoms with Crippen LogP contribution in [0.15, 0.2) is 31.0 Å². The van der Waals surface area contributed by atoms with Crippen LogP contribution in [-0.2, 0) is 4.74 Å². The van der Waals surface area contributed by atoms with Crippen molar-refractivity contribution in [2.75, 3.05) is 6.61 Å². The van der Waals surface area contributed by atoms with E-state index in [2.05, 4.69) is 15.1 Å². The number of hydrogen-bond donors (Lipinski definition) is 0. The summed E-state index contributed by atoms with van der Waals surface area (Å²) in [6, 6.07) is 3.91. The highest BCUT2D eigenvalue weighted by Gasteiger charge is 2.24. The van der Waals surface area contributed by atoms with Crippen molar-refractivity contribution in [3.05, 3.63) is 36.5 Å². The summed E-state index contributed by atoms with van der Waals surface area (Å²) in [5.74, 6) is 0.770. The van der Waals surface area contributed by atoms with E-state index in [9.17, 15) is 0 Å². The Hall–Kier alpha value is -1.75. The van der Waals surface area contributed by atoms with Crippen LogP contribution in [0, 0.1) is 0 Å². The van der Waals surface area contributed by atoms with Crippen molar-refractivity contribution in [3.8, 4) is 5.82 Å². The Morgan fingerprint density at radius 2 is 2.36 bits per heavy atom. The molecule has 0 amide bonds. The molecule has 0 aliphatic carbocycles. The third kappa shape index (κ3) is 1.27. The molecule has 1 fully saturated rings. The zero-order chi connectivity index (χ0) is 9.38. The molecule has 14 heavy (non-hydrogen) atoms. The number of epoxide rings is 1. The minimum atomic E-state index is 0.257. The number of pyridine rings is 1. The normalized spacial score (nSPS) is 19.6. The van der Waals surface area contributed by atoms with Crippen molar-refractivity contribution in [3.63, 3.8) is 0 Å². The second-order valence-corrected chi connectivity index (χ2v) is 3.11. The van der Waals surface area contributed by atoms with Gasteiger partial charge in [-0.3, -0.25) is 0 Å². The van der Waals surface area contributed by atoms with Crippen LogP contribution in [-0.4, -0.2) is 26.4 Å². The molecule has 0 radical (unpaired) electrons. The zero-order valence-electron chi connectivity index (χ0n) is 7.37. The Morgan fingerprint density at radius 1 is 1.43 bits per heavy atom. The number of aromatic nitrogens is 4. The molecular weight excluding hydrogens is 180 g/mol. The largest absolute Gasteiger partial charge is 0.368 e. The van der Waals surface area contributed by atoms with E-state index in [4.69, 9.17) is 4.74 Å². The summed E-state index contributed by atoms with van der Waals surface area (Å²) in [5.41, 5.74) is 1.12. The van der Waals surface area contributed by atoms with Crippen molar-refractivity contribution in [1.82, 2.24) is 19.7 Å². The second kappa shape index (κ2) is 2.88. The highest BCUT2D eigenvalue weighted by Crippen LogP contribution is 2.28. The molecule has 70 valence electrons. The lowest BCUT2D eigenvalue weighted by Crippen LogP contribution is -1.97. The van der Waals surface area contributed by atoms with E-state index < -0.39 is 0 Å². The second-order valence-electron chi connectivity index (χ2n) is 3.11. The Morgan fingerprint density at radius 3 is 2.93 bits per heavy atom. The average Bonchev–Trinajstić information content (AvgIpc) is 2.94. The Kier molecular flexibility index (Phi) is 1.57. The summed E-state index contributed by atoms with van der Waals surface area (Å²) in [5, 5.41) is 3.99. The van der Waals surface area contributed by atoms with E-state index >= 15 is 0 Å². The molecule has 1 atom stereocenters. The first-order valence-corrected chi connectivity index (χ1v) is 4.36. The lowest BCUT2D eigenvalue weighted by Gasteiger charge is -1.99. The molecule has 0 N–H and O–H groups in total. The van der Waals surface area contributed by atoms with Gasteiger partial charge in [0.1, 0.15) is 18.8 Å². The molecule has 5 heteroatoms. The van der Waals surface area contributed by atoms with Crippen molar-refractivity contribution in [1.29, 1.82) is 0 Å². The van der Waals surface area contributed by atoms with Crippen molar-refractivity contribution < 1.29 is 4.74 Å². The van der Waals surface area contributed by atoms with Gasteiger partial charge in [-0.15, -0.1) is 0 Å². The van der Waals surface area contributed by atoms with Gasteiger partial charge in [0.25, 0.3) is 0 Å². The van der Waals surface area contributed by atoms with Gasteiger partial charge in [0, 0.05) is 11.8 Å². The maximum atomic E-state index is 5.15. The first-order valence-electron chi connectivity index (χ1n) is 4.36. The van der Waals surface area contributed by atoms with Crippen LogP contribution in [0.3, 0.4) is 0 Å². The smallest absolute Gasteiger partial charge is 0.155 e. The molecule has 2 aromatic heterocycles. The Balaban J connectivity index is 1.93. The molecule has 3 heterocycles. The number of ether oxygens (including phenoxy) is 1. The Bertz CT molecular complexity index is 419. The zero-order valence-corrected chi connectivity index (χ0v) is 7.37. The molecular formula is C9H8N4O. The van der Waals surface area contributed by atoms with Gasteiger partial charge in [-0.2, -0.15) is 5.10 Å². The molecule has 5 nitrogen and oxygen atoms in total. The van der Waals surface area contributed by atoms with Crippen molar-refractivity contribution in [2.45, 2.75) is 6.10 Å². The molecule has 0 aromatic carbocycles. The van der Waals surface area contributed by atoms with Crippen LogP contribution in [0.5, 0.6) is 0 Å². The minimum Gasteiger partial charge on any atom is -0.368 e. The van der Waals surface area contributed by atoms with Crippen LogP contribution in [0.25, 0.3) is 5.82 Å². The van der Waals surface area contributed by atoms with E-state index in [0.717, 1.165) is 18.0 Å². The molecule has 0 bridgehead atoms. The van der Waals surface area contributed by atoms with Gasteiger partial charge < -0.3 is 4.74 Å². The first-order chi connectivity index (χ1) is 6.93. The highest BCUT2D eigenvalue weighted by atomic mass is 16.6. The molecule has 0 unspecified atom stereocenters. The van der Waals surface area contributed by atoms with Crippen LogP contribution in [0.4, 0.5) is 0 Å². The quantitative estimate of drug-likeness (QED) is 0.652.